The van der Waals surface area contributed by atoms with Crippen LogP contribution in [0, 0.1) is 11.3 Å². The van der Waals surface area contributed by atoms with Crippen LogP contribution in [0.2, 0.25) is 0 Å². The molecule has 0 amide bonds. The van der Waals surface area contributed by atoms with Gasteiger partial charge in [-0.15, -0.1) is 0 Å². The Bertz CT molecular complexity index is 157. The van der Waals surface area contributed by atoms with Crippen molar-refractivity contribution in [3.63, 3.8) is 0 Å². The average molecular weight is 136 g/mol. The first-order chi connectivity index (χ1) is 4.83. The van der Waals surface area contributed by atoms with E-state index in [0.717, 1.165) is 5.92 Å². The van der Waals surface area contributed by atoms with Gasteiger partial charge >= 0.3 is 0 Å². The van der Waals surface area contributed by atoms with Gasteiger partial charge in [-0.25, -0.2) is 0 Å². The largest absolute Gasteiger partial charge is 0.0879 e. The molecule has 0 nitrogen and oxygen atoms in total. The Morgan fingerprint density at radius 2 is 2.30 bits per heavy atom. The zero-order chi connectivity index (χ0) is 7.03. The third-order valence-electron chi connectivity index (χ3n) is 3.49. The van der Waals surface area contributed by atoms with Gasteiger partial charge in [0.1, 0.15) is 0 Å². The summed E-state index contributed by atoms with van der Waals surface area (Å²) in [7, 11) is 0. The molecule has 56 valence electrons. The standard InChI is InChI=1S/C10H16/c1-9-5-4-8-10(9)6-2-3-7-10/h2,6,9H,3-5,7-8H2,1H3. The van der Waals surface area contributed by atoms with Gasteiger partial charge in [0.15, 0.2) is 0 Å². The summed E-state index contributed by atoms with van der Waals surface area (Å²) in [5.74, 6) is 0.964. The van der Waals surface area contributed by atoms with Crippen molar-refractivity contribution < 1.29 is 0 Å². The number of rotatable bonds is 0. The summed E-state index contributed by atoms with van der Waals surface area (Å²) < 4.78 is 0. The second-order valence-corrected chi connectivity index (χ2v) is 3.97. The average Bonchev–Trinajstić information content (AvgIpc) is 2.48. The molecular formula is C10H16. The van der Waals surface area contributed by atoms with Gasteiger partial charge in [0.05, 0.1) is 0 Å². The summed E-state index contributed by atoms with van der Waals surface area (Å²) in [5, 5.41) is 0. The third kappa shape index (κ3) is 0.744. The number of allylic oxidation sites excluding steroid dienone is 2. The van der Waals surface area contributed by atoms with Gasteiger partial charge in [0, 0.05) is 0 Å². The van der Waals surface area contributed by atoms with Crippen molar-refractivity contribution >= 4 is 0 Å². The van der Waals surface area contributed by atoms with Crippen molar-refractivity contribution in [3.05, 3.63) is 12.2 Å². The zero-order valence-electron chi connectivity index (χ0n) is 6.77. The normalized spacial score (nSPS) is 45.5. The van der Waals surface area contributed by atoms with Gasteiger partial charge in [-0.1, -0.05) is 25.5 Å². The lowest BCUT2D eigenvalue weighted by Crippen LogP contribution is -2.17. The fraction of sp³-hybridized carbons (Fsp3) is 0.800. The molecule has 0 heteroatoms. The van der Waals surface area contributed by atoms with E-state index in [1.165, 1.54) is 32.1 Å². The lowest BCUT2D eigenvalue weighted by atomic mass is 9.79. The first kappa shape index (κ1) is 6.45. The molecule has 0 N–H and O–H groups in total. The molecule has 2 aliphatic carbocycles. The molecule has 0 aromatic heterocycles. The molecule has 0 bridgehead atoms. The maximum atomic E-state index is 2.49. The van der Waals surface area contributed by atoms with Crippen molar-refractivity contribution in [1.82, 2.24) is 0 Å². The van der Waals surface area contributed by atoms with Gasteiger partial charge in [-0.3, -0.25) is 0 Å². The van der Waals surface area contributed by atoms with Crippen LogP contribution in [0.1, 0.15) is 39.0 Å². The van der Waals surface area contributed by atoms with E-state index in [0.29, 0.717) is 5.41 Å². The predicted molar refractivity (Wildman–Crippen MR) is 43.8 cm³/mol. The van der Waals surface area contributed by atoms with Crippen molar-refractivity contribution in [2.45, 2.75) is 39.0 Å². The van der Waals surface area contributed by atoms with Crippen LogP contribution in [-0.4, -0.2) is 0 Å². The second kappa shape index (κ2) is 2.11. The Labute approximate surface area is 63.3 Å². The Balaban J connectivity index is 2.20. The Hall–Kier alpha value is -0.260. The molecule has 0 aliphatic heterocycles. The summed E-state index contributed by atoms with van der Waals surface area (Å²) in [6.07, 6.45) is 12.0. The minimum atomic E-state index is 0.667. The van der Waals surface area contributed by atoms with Crippen LogP contribution < -0.4 is 0 Å². The van der Waals surface area contributed by atoms with E-state index in [4.69, 9.17) is 0 Å². The highest BCUT2D eigenvalue weighted by atomic mass is 14.4. The summed E-state index contributed by atoms with van der Waals surface area (Å²) in [6.45, 7) is 2.42. The molecule has 1 saturated carbocycles. The first-order valence-electron chi connectivity index (χ1n) is 4.51. The maximum Gasteiger partial charge on any atom is -0.00897 e. The van der Waals surface area contributed by atoms with E-state index in [9.17, 15) is 0 Å². The van der Waals surface area contributed by atoms with E-state index in [1.54, 1.807) is 0 Å². The van der Waals surface area contributed by atoms with E-state index in [2.05, 4.69) is 19.1 Å². The lowest BCUT2D eigenvalue weighted by Gasteiger charge is -2.26. The molecule has 2 unspecified atom stereocenters. The van der Waals surface area contributed by atoms with E-state index < -0.39 is 0 Å². The molecule has 2 atom stereocenters. The van der Waals surface area contributed by atoms with E-state index in [-0.39, 0.29) is 0 Å². The van der Waals surface area contributed by atoms with Gasteiger partial charge in [0.2, 0.25) is 0 Å². The van der Waals surface area contributed by atoms with Crippen LogP contribution in [0.4, 0.5) is 0 Å². The topological polar surface area (TPSA) is 0 Å². The van der Waals surface area contributed by atoms with Crippen molar-refractivity contribution in [2.24, 2.45) is 11.3 Å². The van der Waals surface area contributed by atoms with Crippen LogP contribution >= 0.6 is 0 Å². The quantitative estimate of drug-likeness (QED) is 0.449. The minimum Gasteiger partial charge on any atom is -0.0879 e. The molecule has 0 heterocycles. The maximum absolute atomic E-state index is 2.49. The molecule has 0 saturated heterocycles. The lowest BCUT2D eigenvalue weighted by molar-refractivity contribution is 0.291. The van der Waals surface area contributed by atoms with Gasteiger partial charge in [0.25, 0.3) is 0 Å². The predicted octanol–water partition coefficient (Wildman–Crippen LogP) is 3.14. The smallest absolute Gasteiger partial charge is 0.00897 e. The van der Waals surface area contributed by atoms with Gasteiger partial charge in [-0.2, -0.15) is 0 Å². The van der Waals surface area contributed by atoms with Crippen molar-refractivity contribution in [3.8, 4) is 0 Å². The molecule has 2 aliphatic rings. The summed E-state index contributed by atoms with van der Waals surface area (Å²) in [4.78, 5) is 0. The van der Waals surface area contributed by atoms with Crippen LogP contribution in [0.25, 0.3) is 0 Å². The molecule has 0 aromatic carbocycles. The molecule has 0 aromatic rings. The second-order valence-electron chi connectivity index (χ2n) is 3.97. The Kier molecular flexibility index (Phi) is 1.36. The number of hydrogen-bond donors (Lipinski definition) is 0. The highest BCUT2D eigenvalue weighted by Gasteiger charge is 2.38. The Morgan fingerprint density at radius 1 is 1.40 bits per heavy atom. The van der Waals surface area contributed by atoms with E-state index in [1.807, 2.05) is 0 Å². The fourth-order valence-electron chi connectivity index (χ4n) is 2.64. The summed E-state index contributed by atoms with van der Waals surface area (Å²) in [6, 6.07) is 0. The minimum absolute atomic E-state index is 0.667. The molecular weight excluding hydrogens is 120 g/mol. The SMILES string of the molecule is CC1CCCC12C=CCC2. The summed E-state index contributed by atoms with van der Waals surface area (Å²) in [5.41, 5.74) is 0.667. The Morgan fingerprint density at radius 3 is 2.80 bits per heavy atom. The highest BCUT2D eigenvalue weighted by molar-refractivity contribution is 5.10. The van der Waals surface area contributed by atoms with Crippen molar-refractivity contribution in [2.75, 3.05) is 0 Å². The van der Waals surface area contributed by atoms with Crippen LogP contribution in [0.15, 0.2) is 12.2 Å². The van der Waals surface area contributed by atoms with E-state index >= 15 is 0 Å². The third-order valence-corrected chi connectivity index (χ3v) is 3.49. The van der Waals surface area contributed by atoms with Gasteiger partial charge < -0.3 is 0 Å². The number of hydrogen-bond acceptors (Lipinski definition) is 0. The van der Waals surface area contributed by atoms with Crippen LogP contribution in [-0.2, 0) is 0 Å². The van der Waals surface area contributed by atoms with Crippen LogP contribution in [0.3, 0.4) is 0 Å². The van der Waals surface area contributed by atoms with Gasteiger partial charge in [-0.05, 0) is 37.0 Å². The zero-order valence-corrected chi connectivity index (χ0v) is 6.77. The highest BCUT2D eigenvalue weighted by Crippen LogP contribution is 2.50. The molecule has 2 rings (SSSR count). The molecule has 0 radical (unpaired) electrons. The monoisotopic (exact) mass is 136 g/mol. The first-order valence-corrected chi connectivity index (χ1v) is 4.51. The summed E-state index contributed by atoms with van der Waals surface area (Å²) >= 11 is 0. The molecule has 10 heavy (non-hydrogen) atoms. The fourth-order valence-corrected chi connectivity index (χ4v) is 2.64. The molecule has 1 fully saturated rings. The van der Waals surface area contributed by atoms with Crippen LogP contribution in [0.5, 0.6) is 0 Å². The van der Waals surface area contributed by atoms with Crippen molar-refractivity contribution in [1.29, 1.82) is 0 Å². The molecule has 1 spiro atoms.